The summed E-state index contributed by atoms with van der Waals surface area (Å²) in [5, 5.41) is 9.60. The lowest BCUT2D eigenvalue weighted by Crippen LogP contribution is -2.51. The molecule has 0 aliphatic carbocycles. The molecule has 1 saturated heterocycles. The summed E-state index contributed by atoms with van der Waals surface area (Å²) in [6, 6.07) is 7.27. The van der Waals surface area contributed by atoms with Gasteiger partial charge in [0.25, 0.3) is 0 Å². The van der Waals surface area contributed by atoms with E-state index in [0.29, 0.717) is 6.42 Å². The zero-order valence-corrected chi connectivity index (χ0v) is 17.6. The number of hydrogen-bond donors (Lipinski definition) is 2. The van der Waals surface area contributed by atoms with Crippen molar-refractivity contribution >= 4 is 6.08 Å². The second-order valence-corrected chi connectivity index (χ2v) is 7.31. The standard InChI is InChI=1S/C22H33NO6/c1-22(2)28-18(21(29-22)20(23)19(14-24)27-15-25-3)9-7-5-6-8-16-10-12-17(26-4)13-11-16/h5-8,10-13,18-21,24H,9,14-15,23H2,1-4H3/b7-5+,8-6+/t18-,19+,20-,21+/m0/s1. The Labute approximate surface area is 173 Å². The number of aliphatic hydroxyl groups excluding tert-OH is 1. The van der Waals surface area contributed by atoms with Crippen molar-refractivity contribution in [3.63, 3.8) is 0 Å². The number of methoxy groups -OCH3 is 2. The highest BCUT2D eigenvalue weighted by molar-refractivity contribution is 5.52. The van der Waals surface area contributed by atoms with Crippen LogP contribution >= 0.6 is 0 Å². The minimum Gasteiger partial charge on any atom is -0.497 e. The van der Waals surface area contributed by atoms with Gasteiger partial charge in [0.15, 0.2) is 5.79 Å². The summed E-state index contributed by atoms with van der Waals surface area (Å²) in [5.74, 6) is 0.0813. The molecule has 4 atom stereocenters. The molecule has 2 rings (SSSR count). The van der Waals surface area contributed by atoms with E-state index in [9.17, 15) is 5.11 Å². The molecule has 0 radical (unpaired) electrons. The van der Waals surface area contributed by atoms with Gasteiger partial charge in [0.05, 0.1) is 25.9 Å². The van der Waals surface area contributed by atoms with Crippen LogP contribution in [0.25, 0.3) is 6.08 Å². The van der Waals surface area contributed by atoms with E-state index in [1.54, 1.807) is 7.11 Å². The van der Waals surface area contributed by atoms with Crippen LogP contribution in [-0.2, 0) is 18.9 Å². The zero-order chi connectivity index (χ0) is 21.3. The van der Waals surface area contributed by atoms with Gasteiger partial charge in [0.2, 0.25) is 0 Å². The SMILES string of the molecule is COCO[C@H](CO)[C@H](N)[C@@H]1OC(C)(C)O[C@H]1C/C=C/C=C/c1ccc(OC)cc1. The molecule has 1 aromatic rings. The quantitative estimate of drug-likeness (QED) is 0.430. The van der Waals surface area contributed by atoms with Crippen LogP contribution in [0.15, 0.2) is 42.5 Å². The van der Waals surface area contributed by atoms with Gasteiger partial charge in [0.1, 0.15) is 24.8 Å². The topological polar surface area (TPSA) is 92.4 Å². The smallest absolute Gasteiger partial charge is 0.163 e. The van der Waals surface area contributed by atoms with Gasteiger partial charge in [-0.15, -0.1) is 0 Å². The highest BCUT2D eigenvalue weighted by Gasteiger charge is 2.45. The lowest BCUT2D eigenvalue weighted by Gasteiger charge is -2.29. The molecular formula is C22H33NO6. The van der Waals surface area contributed by atoms with E-state index in [1.807, 2.05) is 62.4 Å². The summed E-state index contributed by atoms with van der Waals surface area (Å²) >= 11 is 0. The van der Waals surface area contributed by atoms with Gasteiger partial charge in [-0.25, -0.2) is 0 Å². The summed E-state index contributed by atoms with van der Waals surface area (Å²) in [4.78, 5) is 0. The number of allylic oxidation sites excluding steroid dienone is 2. The van der Waals surface area contributed by atoms with Crippen molar-refractivity contribution in [1.82, 2.24) is 0 Å². The van der Waals surface area contributed by atoms with Gasteiger partial charge in [-0.1, -0.05) is 36.4 Å². The number of ether oxygens (including phenoxy) is 5. The van der Waals surface area contributed by atoms with Crippen LogP contribution in [0.3, 0.4) is 0 Å². The molecule has 1 aromatic carbocycles. The fourth-order valence-corrected chi connectivity index (χ4v) is 3.20. The molecule has 1 heterocycles. The van der Waals surface area contributed by atoms with Crippen LogP contribution < -0.4 is 10.5 Å². The van der Waals surface area contributed by atoms with Crippen LogP contribution in [0.4, 0.5) is 0 Å². The Morgan fingerprint density at radius 2 is 1.90 bits per heavy atom. The summed E-state index contributed by atoms with van der Waals surface area (Å²) in [5.41, 5.74) is 7.40. The highest BCUT2D eigenvalue weighted by Crippen LogP contribution is 2.32. The third-order valence-electron chi connectivity index (χ3n) is 4.63. The molecule has 0 saturated carbocycles. The van der Waals surface area contributed by atoms with E-state index in [2.05, 4.69) is 0 Å². The van der Waals surface area contributed by atoms with Crippen molar-refractivity contribution in [1.29, 1.82) is 0 Å². The van der Waals surface area contributed by atoms with E-state index >= 15 is 0 Å². The molecule has 0 spiro atoms. The minimum absolute atomic E-state index is 0.0522. The summed E-state index contributed by atoms with van der Waals surface area (Å²) in [6.07, 6.45) is 7.33. The average Bonchev–Trinajstić information content (AvgIpc) is 3.03. The van der Waals surface area contributed by atoms with E-state index in [1.165, 1.54) is 7.11 Å². The lowest BCUT2D eigenvalue weighted by atomic mass is 9.99. The van der Waals surface area contributed by atoms with Gasteiger partial charge < -0.3 is 34.5 Å². The number of benzene rings is 1. The van der Waals surface area contributed by atoms with Gasteiger partial charge in [-0.3, -0.25) is 0 Å². The Morgan fingerprint density at radius 1 is 1.17 bits per heavy atom. The van der Waals surface area contributed by atoms with E-state index < -0.39 is 24.0 Å². The largest absolute Gasteiger partial charge is 0.497 e. The van der Waals surface area contributed by atoms with Crippen molar-refractivity contribution in [2.75, 3.05) is 27.6 Å². The van der Waals surface area contributed by atoms with Crippen LogP contribution in [0.2, 0.25) is 0 Å². The predicted molar refractivity (Wildman–Crippen MR) is 111 cm³/mol. The predicted octanol–water partition coefficient (Wildman–Crippen LogP) is 2.48. The maximum absolute atomic E-state index is 9.60. The molecule has 7 nitrogen and oxygen atoms in total. The van der Waals surface area contributed by atoms with E-state index in [0.717, 1.165) is 11.3 Å². The van der Waals surface area contributed by atoms with Crippen LogP contribution in [-0.4, -0.2) is 62.9 Å². The Kier molecular flexibility index (Phi) is 9.29. The summed E-state index contributed by atoms with van der Waals surface area (Å²) in [7, 11) is 3.17. The van der Waals surface area contributed by atoms with Crippen molar-refractivity contribution in [2.24, 2.45) is 5.73 Å². The first kappa shape index (κ1) is 23.5. The molecule has 3 N–H and O–H groups in total. The maximum atomic E-state index is 9.60. The van der Waals surface area contributed by atoms with Gasteiger partial charge in [-0.05, 0) is 38.0 Å². The Balaban J connectivity index is 1.95. The van der Waals surface area contributed by atoms with E-state index in [-0.39, 0.29) is 19.5 Å². The molecule has 162 valence electrons. The van der Waals surface area contributed by atoms with Crippen LogP contribution in [0, 0.1) is 0 Å². The summed E-state index contributed by atoms with van der Waals surface area (Å²) in [6.45, 7) is 3.53. The zero-order valence-electron chi connectivity index (χ0n) is 17.6. The Morgan fingerprint density at radius 3 is 2.52 bits per heavy atom. The summed E-state index contributed by atoms with van der Waals surface area (Å²) < 4.78 is 27.5. The number of nitrogens with two attached hydrogens (primary N) is 1. The molecule has 0 aromatic heterocycles. The van der Waals surface area contributed by atoms with Crippen molar-refractivity contribution in [2.45, 2.75) is 50.4 Å². The van der Waals surface area contributed by atoms with Gasteiger partial charge >= 0.3 is 0 Å². The molecule has 0 amide bonds. The fraction of sp³-hybridized carbons (Fsp3) is 0.545. The first-order valence-corrected chi connectivity index (χ1v) is 9.70. The molecule has 1 aliphatic rings. The number of aliphatic hydroxyl groups is 1. The number of rotatable bonds is 11. The molecule has 7 heteroatoms. The highest BCUT2D eigenvalue weighted by atomic mass is 16.8. The second kappa shape index (κ2) is 11.4. The average molecular weight is 408 g/mol. The second-order valence-electron chi connectivity index (χ2n) is 7.31. The Bertz CT molecular complexity index is 658. The first-order valence-electron chi connectivity index (χ1n) is 9.70. The minimum atomic E-state index is -0.749. The fourth-order valence-electron chi connectivity index (χ4n) is 3.20. The van der Waals surface area contributed by atoms with Crippen LogP contribution in [0.5, 0.6) is 5.75 Å². The Hall–Kier alpha value is -1.74. The van der Waals surface area contributed by atoms with Crippen molar-refractivity contribution in [3.8, 4) is 5.75 Å². The third kappa shape index (κ3) is 7.22. The molecular weight excluding hydrogens is 374 g/mol. The molecule has 29 heavy (non-hydrogen) atoms. The van der Waals surface area contributed by atoms with Gasteiger partial charge in [-0.2, -0.15) is 0 Å². The number of hydrogen-bond acceptors (Lipinski definition) is 7. The normalized spacial score (nSPS) is 23.7. The van der Waals surface area contributed by atoms with Gasteiger partial charge in [0, 0.05) is 7.11 Å². The van der Waals surface area contributed by atoms with Crippen LogP contribution in [0.1, 0.15) is 25.8 Å². The monoisotopic (exact) mass is 407 g/mol. The van der Waals surface area contributed by atoms with E-state index in [4.69, 9.17) is 29.4 Å². The maximum Gasteiger partial charge on any atom is 0.163 e. The lowest BCUT2D eigenvalue weighted by molar-refractivity contribution is -0.156. The molecule has 0 unspecified atom stereocenters. The third-order valence-corrected chi connectivity index (χ3v) is 4.63. The molecule has 0 bridgehead atoms. The first-order chi connectivity index (χ1) is 13.9. The van der Waals surface area contributed by atoms with Crippen molar-refractivity contribution in [3.05, 3.63) is 48.1 Å². The molecule has 1 fully saturated rings. The molecule has 1 aliphatic heterocycles. The van der Waals surface area contributed by atoms with Crippen molar-refractivity contribution < 1.29 is 28.8 Å².